The average molecular weight is 573 g/mol. The molecule has 1 aliphatic rings. The monoisotopic (exact) mass is 572 g/mol. The number of nitriles is 1. The van der Waals surface area contributed by atoms with Crippen LogP contribution in [0.4, 0.5) is 13.6 Å². The summed E-state index contributed by atoms with van der Waals surface area (Å²) in [5.41, 5.74) is 1.16. The maximum absolute atomic E-state index is 15.1. The van der Waals surface area contributed by atoms with Gasteiger partial charge in [-0.25, -0.2) is 13.6 Å². The quantitative estimate of drug-likeness (QED) is 0.315. The van der Waals surface area contributed by atoms with Crippen LogP contribution in [-0.2, 0) is 11.2 Å². The topological polar surface area (TPSA) is 71.8 Å². The lowest BCUT2D eigenvalue weighted by molar-refractivity contribution is 0.0341. The van der Waals surface area contributed by atoms with Crippen LogP contribution < -0.4 is 9.47 Å². The summed E-state index contributed by atoms with van der Waals surface area (Å²) in [5, 5.41) is 9.23. The van der Waals surface area contributed by atoms with E-state index in [9.17, 15) is 14.4 Å². The molecule has 1 amide bonds. The molecule has 0 spiro atoms. The second kappa shape index (κ2) is 14.0. The number of carbonyl (C=O) groups is 1. The molecule has 0 saturated carbocycles. The molecule has 40 heavy (non-hydrogen) atoms. The number of methoxy groups -OCH3 is 1. The number of fused-ring (bicyclic) bond motifs is 1. The highest BCUT2D eigenvalue weighted by Gasteiger charge is 2.32. The van der Waals surface area contributed by atoms with Crippen molar-refractivity contribution in [2.45, 2.75) is 52.7 Å². The Hall–Kier alpha value is -3.83. The molecule has 0 bridgehead atoms. The highest BCUT2D eigenvalue weighted by Crippen LogP contribution is 2.48. The van der Waals surface area contributed by atoms with Crippen LogP contribution in [0.2, 0.25) is 5.02 Å². The average Bonchev–Trinajstić information content (AvgIpc) is 3.34. The van der Waals surface area contributed by atoms with Crippen LogP contribution in [0.1, 0.15) is 57.4 Å². The fourth-order valence-electron chi connectivity index (χ4n) is 3.85. The van der Waals surface area contributed by atoms with Crippen LogP contribution in [0, 0.1) is 23.0 Å². The maximum Gasteiger partial charge on any atom is 0.409 e. The van der Waals surface area contributed by atoms with Crippen molar-refractivity contribution in [2.24, 2.45) is 0 Å². The third-order valence-corrected chi connectivity index (χ3v) is 5.94. The summed E-state index contributed by atoms with van der Waals surface area (Å²) < 4.78 is 45.6. The highest BCUT2D eigenvalue weighted by atomic mass is 35.5. The minimum atomic E-state index is -0.764. The van der Waals surface area contributed by atoms with Crippen LogP contribution in [0.15, 0.2) is 48.5 Å². The number of benzene rings is 3. The normalized spacial score (nSPS) is 13.3. The Balaban J connectivity index is 0.000000398. The van der Waals surface area contributed by atoms with E-state index in [2.05, 4.69) is 0 Å². The molecular weight excluding hydrogens is 538 g/mol. The minimum absolute atomic E-state index is 0.0381. The van der Waals surface area contributed by atoms with Gasteiger partial charge in [0.2, 0.25) is 0 Å². The first-order valence-corrected chi connectivity index (χ1v) is 13.2. The largest absolute Gasteiger partial charge is 0.494 e. The number of hydrogen-bond acceptors (Lipinski definition) is 5. The van der Waals surface area contributed by atoms with Crippen molar-refractivity contribution in [3.8, 4) is 28.7 Å². The van der Waals surface area contributed by atoms with Gasteiger partial charge in [0.25, 0.3) is 0 Å². The Kier molecular flexibility index (Phi) is 11.3. The van der Waals surface area contributed by atoms with Gasteiger partial charge < -0.3 is 19.1 Å². The van der Waals surface area contributed by atoms with Gasteiger partial charge in [-0.15, -0.1) is 0 Å². The predicted molar refractivity (Wildman–Crippen MR) is 153 cm³/mol. The second-order valence-electron chi connectivity index (χ2n) is 9.74. The number of nitrogens with zero attached hydrogens (tertiary/aromatic N) is 2. The second-order valence-corrected chi connectivity index (χ2v) is 10.1. The van der Waals surface area contributed by atoms with Gasteiger partial charge in [0.1, 0.15) is 23.3 Å². The highest BCUT2D eigenvalue weighted by molar-refractivity contribution is 6.34. The molecular formula is C31H35ClF2N2O4. The summed E-state index contributed by atoms with van der Waals surface area (Å²) in [6.07, 6.45) is -0.282. The molecule has 3 aromatic rings. The zero-order valence-corrected chi connectivity index (χ0v) is 24.8. The Morgan fingerprint density at radius 1 is 1.10 bits per heavy atom. The molecule has 4 rings (SSSR count). The van der Waals surface area contributed by atoms with Gasteiger partial charge in [0.15, 0.2) is 11.6 Å². The molecule has 0 N–H and O–H groups in total. The first kappa shape index (κ1) is 32.4. The molecule has 6 nitrogen and oxygen atoms in total. The van der Waals surface area contributed by atoms with E-state index in [0.717, 1.165) is 5.56 Å². The number of rotatable bonds is 3. The first-order valence-electron chi connectivity index (χ1n) is 12.8. The van der Waals surface area contributed by atoms with Gasteiger partial charge in [-0.2, -0.15) is 5.26 Å². The van der Waals surface area contributed by atoms with Crippen molar-refractivity contribution in [1.82, 2.24) is 4.90 Å². The van der Waals surface area contributed by atoms with Crippen LogP contribution in [0.3, 0.4) is 0 Å². The van der Waals surface area contributed by atoms with Gasteiger partial charge >= 0.3 is 6.09 Å². The van der Waals surface area contributed by atoms with Crippen LogP contribution in [0.25, 0.3) is 11.1 Å². The summed E-state index contributed by atoms with van der Waals surface area (Å²) in [7, 11) is 4.64. The molecule has 0 aliphatic carbocycles. The van der Waals surface area contributed by atoms with Gasteiger partial charge in [0.05, 0.1) is 23.8 Å². The van der Waals surface area contributed by atoms with Crippen molar-refractivity contribution >= 4 is 17.7 Å². The Labute approximate surface area is 240 Å². The number of hydrogen-bond donors (Lipinski definition) is 0. The van der Waals surface area contributed by atoms with Gasteiger partial charge in [0, 0.05) is 43.3 Å². The Bertz CT molecular complexity index is 1370. The van der Waals surface area contributed by atoms with E-state index in [1.807, 2.05) is 71.0 Å². The summed E-state index contributed by atoms with van der Waals surface area (Å²) in [6.45, 7) is 9.52. The van der Waals surface area contributed by atoms with Gasteiger partial charge in [-0.3, -0.25) is 0 Å². The fraction of sp³-hybridized carbons (Fsp3) is 0.355. The lowest BCUT2D eigenvalue weighted by Gasteiger charge is -2.22. The Morgan fingerprint density at radius 2 is 1.73 bits per heavy atom. The molecule has 1 atom stereocenters. The van der Waals surface area contributed by atoms with E-state index < -0.39 is 11.6 Å². The standard InChI is InChI=1S/C22H14ClF2NO2.C7H15NO2.C2H6/c1-27-16-8-7-13(11-26)19(22(16)25)20-14-9-17(12-5-3-2-4-6-12)28-18(14)10-15(24)21(20)23;1-7(2,3)10-6(9)8(4)5;1-2/h2-8,10,17H,9H2,1H3;1-5H3;1-2H3. The van der Waals surface area contributed by atoms with E-state index in [0.29, 0.717) is 12.0 Å². The molecule has 1 unspecified atom stereocenters. The van der Waals surface area contributed by atoms with Crippen molar-refractivity contribution < 1.29 is 27.8 Å². The number of ether oxygens (including phenoxy) is 3. The molecule has 3 aromatic carbocycles. The SMILES string of the molecule is CC.CN(C)C(=O)OC(C)(C)C.COc1ccc(C#N)c(-c2c(Cl)c(F)cc3c2CC(c2ccccc2)O3)c1F. The van der Waals surface area contributed by atoms with Crippen LogP contribution in [-0.4, -0.2) is 37.8 Å². The molecule has 0 radical (unpaired) electrons. The van der Waals surface area contributed by atoms with E-state index in [4.69, 9.17) is 25.8 Å². The third kappa shape index (κ3) is 7.64. The lowest BCUT2D eigenvalue weighted by atomic mass is 9.91. The predicted octanol–water partition coefficient (Wildman–Crippen LogP) is 8.35. The minimum Gasteiger partial charge on any atom is -0.494 e. The molecule has 9 heteroatoms. The van der Waals surface area contributed by atoms with Crippen molar-refractivity contribution in [3.05, 3.63) is 81.9 Å². The zero-order chi connectivity index (χ0) is 30.2. The maximum atomic E-state index is 15.1. The molecule has 0 fully saturated rings. The van der Waals surface area contributed by atoms with E-state index in [-0.39, 0.29) is 51.0 Å². The van der Waals surface area contributed by atoms with Crippen molar-refractivity contribution in [1.29, 1.82) is 5.26 Å². The molecule has 1 heterocycles. The smallest absolute Gasteiger partial charge is 0.409 e. The zero-order valence-electron chi connectivity index (χ0n) is 24.1. The Morgan fingerprint density at radius 3 is 2.23 bits per heavy atom. The van der Waals surface area contributed by atoms with Crippen LogP contribution >= 0.6 is 11.6 Å². The molecule has 1 aliphatic heterocycles. The van der Waals surface area contributed by atoms with Gasteiger partial charge in [-0.1, -0.05) is 55.8 Å². The van der Waals surface area contributed by atoms with Gasteiger partial charge in [-0.05, 0) is 38.5 Å². The summed E-state index contributed by atoms with van der Waals surface area (Å²) in [4.78, 5) is 12.3. The van der Waals surface area contributed by atoms with E-state index in [1.54, 1.807) is 14.1 Å². The van der Waals surface area contributed by atoms with E-state index in [1.165, 1.54) is 30.2 Å². The third-order valence-electron chi connectivity index (χ3n) is 5.57. The number of carbonyl (C=O) groups excluding carboxylic acids is 1. The summed E-state index contributed by atoms with van der Waals surface area (Å²) in [6, 6.07) is 15.4. The number of halogens is 3. The fourth-order valence-corrected chi connectivity index (χ4v) is 4.11. The lowest BCUT2D eigenvalue weighted by Crippen LogP contribution is -2.31. The van der Waals surface area contributed by atoms with Crippen molar-refractivity contribution in [3.63, 3.8) is 0 Å². The summed E-state index contributed by atoms with van der Waals surface area (Å²) in [5.74, 6) is -1.27. The first-order chi connectivity index (χ1) is 18.9. The number of amides is 1. The van der Waals surface area contributed by atoms with E-state index >= 15 is 4.39 Å². The molecule has 214 valence electrons. The summed E-state index contributed by atoms with van der Waals surface area (Å²) >= 11 is 6.25. The van der Waals surface area contributed by atoms with Crippen LogP contribution in [0.5, 0.6) is 11.5 Å². The molecule has 0 aromatic heterocycles. The molecule has 0 saturated heterocycles. The van der Waals surface area contributed by atoms with Crippen molar-refractivity contribution in [2.75, 3.05) is 21.2 Å².